The number of hydrogen-bond acceptors (Lipinski definition) is 6. The van der Waals surface area contributed by atoms with Gasteiger partial charge in [-0.3, -0.25) is 0 Å². The van der Waals surface area contributed by atoms with Crippen molar-refractivity contribution in [1.82, 2.24) is 9.97 Å². The van der Waals surface area contributed by atoms with E-state index < -0.39 is 0 Å². The van der Waals surface area contributed by atoms with Crippen molar-refractivity contribution in [2.75, 3.05) is 17.7 Å². The molecule has 0 bridgehead atoms. The molecule has 130 valence electrons. The molecule has 0 N–H and O–H groups in total. The summed E-state index contributed by atoms with van der Waals surface area (Å²) in [5, 5.41) is 2.17. The largest absolute Gasteiger partial charge is 0.370 e. The Morgan fingerprint density at radius 3 is 2.88 bits per heavy atom. The standard InChI is InChI=1S/C18H25N3OS2/c1-11-7-5-6-8-21(11)15-14-12-9-18(2,3)22-10-13(12)24-16(14)20-17(19-15)23-4/h11H,5-10H2,1-4H3/t11-/m1/s1. The van der Waals surface area contributed by atoms with Gasteiger partial charge in [0, 0.05) is 23.9 Å². The number of piperidine rings is 1. The van der Waals surface area contributed by atoms with Crippen LogP contribution in [0.1, 0.15) is 50.5 Å². The lowest BCUT2D eigenvalue weighted by molar-refractivity contribution is -0.0379. The zero-order valence-corrected chi connectivity index (χ0v) is 16.5. The van der Waals surface area contributed by atoms with Gasteiger partial charge in [-0.15, -0.1) is 11.3 Å². The second kappa shape index (κ2) is 6.15. The highest BCUT2D eigenvalue weighted by Gasteiger charge is 2.33. The molecule has 0 aliphatic carbocycles. The van der Waals surface area contributed by atoms with E-state index in [0.717, 1.165) is 28.8 Å². The first-order chi connectivity index (χ1) is 11.5. The topological polar surface area (TPSA) is 38.2 Å². The second-order valence-corrected chi connectivity index (χ2v) is 9.34. The molecule has 1 saturated heterocycles. The van der Waals surface area contributed by atoms with Crippen LogP contribution >= 0.6 is 23.1 Å². The Bertz CT molecular complexity index is 771. The minimum atomic E-state index is -0.107. The first-order valence-corrected chi connectivity index (χ1v) is 10.8. The molecule has 0 saturated carbocycles. The first kappa shape index (κ1) is 16.6. The summed E-state index contributed by atoms with van der Waals surface area (Å²) in [6.07, 6.45) is 6.83. The predicted octanol–water partition coefficient (Wildman–Crippen LogP) is 4.64. The van der Waals surface area contributed by atoms with Crippen molar-refractivity contribution < 1.29 is 4.74 Å². The highest BCUT2D eigenvalue weighted by atomic mass is 32.2. The van der Waals surface area contributed by atoms with Crippen LogP contribution in [-0.2, 0) is 17.8 Å². The molecule has 2 aliphatic heterocycles. The van der Waals surface area contributed by atoms with Gasteiger partial charge in [-0.2, -0.15) is 0 Å². The monoisotopic (exact) mass is 363 g/mol. The summed E-state index contributed by atoms with van der Waals surface area (Å²) < 4.78 is 6.03. The van der Waals surface area contributed by atoms with Crippen LogP contribution in [0, 0.1) is 0 Å². The summed E-state index contributed by atoms with van der Waals surface area (Å²) in [7, 11) is 0. The van der Waals surface area contributed by atoms with Crippen molar-refractivity contribution in [1.29, 1.82) is 0 Å². The summed E-state index contributed by atoms with van der Waals surface area (Å²) in [5.41, 5.74) is 1.32. The van der Waals surface area contributed by atoms with E-state index >= 15 is 0 Å². The summed E-state index contributed by atoms with van der Waals surface area (Å²) in [4.78, 5) is 14.8. The number of hydrogen-bond donors (Lipinski definition) is 0. The Hall–Kier alpha value is -0.850. The van der Waals surface area contributed by atoms with E-state index in [9.17, 15) is 0 Å². The fourth-order valence-electron chi connectivity index (χ4n) is 3.82. The third kappa shape index (κ3) is 2.82. The average Bonchev–Trinajstić information content (AvgIpc) is 2.91. The normalized spacial score (nSPS) is 23.5. The Morgan fingerprint density at radius 1 is 1.29 bits per heavy atom. The molecule has 1 fully saturated rings. The fourth-order valence-corrected chi connectivity index (χ4v) is 5.33. The average molecular weight is 364 g/mol. The molecular formula is C18H25N3OS2. The van der Waals surface area contributed by atoms with Crippen LogP contribution in [-0.4, -0.2) is 34.4 Å². The molecule has 2 aliphatic rings. The van der Waals surface area contributed by atoms with E-state index in [1.54, 1.807) is 23.1 Å². The van der Waals surface area contributed by atoms with Crippen LogP contribution in [0.25, 0.3) is 10.2 Å². The Labute approximate surface area is 152 Å². The van der Waals surface area contributed by atoms with Crippen LogP contribution in [0.5, 0.6) is 0 Å². The van der Waals surface area contributed by atoms with Gasteiger partial charge >= 0.3 is 0 Å². The summed E-state index contributed by atoms with van der Waals surface area (Å²) in [6, 6.07) is 0.551. The van der Waals surface area contributed by atoms with Crippen molar-refractivity contribution in [3.05, 3.63) is 10.4 Å². The lowest BCUT2D eigenvalue weighted by Gasteiger charge is -2.35. The van der Waals surface area contributed by atoms with Gasteiger partial charge in [0.25, 0.3) is 0 Å². The van der Waals surface area contributed by atoms with Gasteiger partial charge in [-0.25, -0.2) is 9.97 Å². The van der Waals surface area contributed by atoms with E-state index in [1.165, 1.54) is 35.1 Å². The van der Waals surface area contributed by atoms with Gasteiger partial charge < -0.3 is 9.64 Å². The molecule has 6 heteroatoms. The number of nitrogens with zero attached hydrogens (tertiary/aromatic N) is 3. The molecule has 0 unspecified atom stereocenters. The van der Waals surface area contributed by atoms with Crippen LogP contribution in [0.3, 0.4) is 0 Å². The number of fused-ring (bicyclic) bond motifs is 3. The Morgan fingerprint density at radius 2 is 2.12 bits per heavy atom. The van der Waals surface area contributed by atoms with Crippen molar-refractivity contribution in [3.63, 3.8) is 0 Å². The molecule has 1 atom stereocenters. The maximum Gasteiger partial charge on any atom is 0.190 e. The lowest BCUT2D eigenvalue weighted by atomic mass is 9.94. The van der Waals surface area contributed by atoms with Gasteiger partial charge in [0.15, 0.2) is 5.16 Å². The third-order valence-electron chi connectivity index (χ3n) is 5.15. The van der Waals surface area contributed by atoms with Gasteiger partial charge in [-0.05, 0) is 51.9 Å². The highest BCUT2D eigenvalue weighted by Crippen LogP contribution is 2.43. The number of rotatable bonds is 2. The minimum absolute atomic E-state index is 0.107. The predicted molar refractivity (Wildman–Crippen MR) is 102 cm³/mol. The molecule has 4 heterocycles. The SMILES string of the molecule is CSc1nc(N2CCCC[C@H]2C)c2c3c(sc2n1)COC(C)(C)C3. The number of anilines is 1. The Kier molecular flexibility index (Phi) is 4.25. The summed E-state index contributed by atoms with van der Waals surface area (Å²) >= 11 is 3.43. The van der Waals surface area contributed by atoms with Crippen molar-refractivity contribution >= 4 is 39.1 Å². The van der Waals surface area contributed by atoms with Gasteiger partial charge in [0.2, 0.25) is 0 Å². The molecule has 0 aromatic carbocycles. The quantitative estimate of drug-likeness (QED) is 0.574. The van der Waals surface area contributed by atoms with Crippen LogP contribution in [0.2, 0.25) is 0 Å². The zero-order valence-electron chi connectivity index (χ0n) is 14.9. The van der Waals surface area contributed by atoms with Crippen molar-refractivity contribution in [2.45, 2.75) is 69.9 Å². The lowest BCUT2D eigenvalue weighted by Crippen LogP contribution is -2.38. The van der Waals surface area contributed by atoms with Crippen molar-refractivity contribution in [3.8, 4) is 0 Å². The van der Waals surface area contributed by atoms with E-state index in [1.807, 2.05) is 0 Å². The number of aromatic nitrogens is 2. The molecule has 4 nitrogen and oxygen atoms in total. The first-order valence-electron chi connectivity index (χ1n) is 8.75. The highest BCUT2D eigenvalue weighted by molar-refractivity contribution is 7.98. The van der Waals surface area contributed by atoms with Crippen LogP contribution < -0.4 is 4.90 Å². The molecule has 24 heavy (non-hydrogen) atoms. The number of thiophene rings is 1. The Balaban J connectivity index is 1.92. The van der Waals surface area contributed by atoms with E-state index in [0.29, 0.717) is 12.6 Å². The van der Waals surface area contributed by atoms with Gasteiger partial charge in [-0.1, -0.05) is 11.8 Å². The molecular weight excluding hydrogens is 338 g/mol. The second-order valence-electron chi connectivity index (χ2n) is 7.48. The molecule has 0 amide bonds. The molecule has 2 aromatic rings. The van der Waals surface area contributed by atoms with Crippen LogP contribution in [0.4, 0.5) is 5.82 Å². The van der Waals surface area contributed by atoms with Crippen LogP contribution in [0.15, 0.2) is 5.16 Å². The van der Waals surface area contributed by atoms with E-state index in [-0.39, 0.29) is 5.60 Å². The van der Waals surface area contributed by atoms with Gasteiger partial charge in [0.05, 0.1) is 17.6 Å². The maximum absolute atomic E-state index is 6.03. The molecule has 0 radical (unpaired) electrons. The number of thioether (sulfide) groups is 1. The number of ether oxygens (including phenoxy) is 1. The van der Waals surface area contributed by atoms with Gasteiger partial charge in [0.1, 0.15) is 10.6 Å². The molecule has 2 aromatic heterocycles. The minimum Gasteiger partial charge on any atom is -0.370 e. The smallest absolute Gasteiger partial charge is 0.190 e. The third-order valence-corrected chi connectivity index (χ3v) is 6.80. The molecule has 4 rings (SSSR count). The zero-order chi connectivity index (χ0) is 16.9. The molecule has 0 spiro atoms. The summed E-state index contributed by atoms with van der Waals surface area (Å²) in [6.45, 7) is 8.50. The fraction of sp³-hybridized carbons (Fsp3) is 0.667. The summed E-state index contributed by atoms with van der Waals surface area (Å²) in [5.74, 6) is 1.16. The maximum atomic E-state index is 6.03. The van der Waals surface area contributed by atoms with Crippen molar-refractivity contribution in [2.24, 2.45) is 0 Å². The van der Waals surface area contributed by atoms with E-state index in [2.05, 4.69) is 31.9 Å². The van der Waals surface area contributed by atoms with E-state index in [4.69, 9.17) is 14.7 Å².